The molecule has 0 amide bonds. The molecule has 82 valence electrons. The summed E-state index contributed by atoms with van der Waals surface area (Å²) >= 11 is 21.4. The Morgan fingerprint density at radius 3 is 1.29 bits per heavy atom. The van der Waals surface area contributed by atoms with E-state index in [4.69, 9.17) is 0 Å². The number of hydrogen-bond acceptors (Lipinski definition) is 6. The summed E-state index contributed by atoms with van der Waals surface area (Å²) in [6.45, 7) is 0. The van der Waals surface area contributed by atoms with E-state index in [2.05, 4.69) is 50.5 Å². The van der Waals surface area contributed by atoms with Gasteiger partial charge in [-0.05, 0) is 12.8 Å². The predicted molar refractivity (Wildman–Crippen MR) is 82.6 cm³/mol. The van der Waals surface area contributed by atoms with Crippen LogP contribution in [0, 0.1) is 0 Å². The van der Waals surface area contributed by atoms with Gasteiger partial charge in [-0.3, -0.25) is 0 Å². The highest BCUT2D eigenvalue weighted by molar-refractivity contribution is 8.32. The maximum Gasteiger partial charge on any atom is 0.113 e. The fraction of sp³-hybridized carbons (Fsp3) is 1.00. The molecule has 0 bridgehead atoms. The highest BCUT2D eigenvalue weighted by Crippen LogP contribution is 2.62. The lowest BCUT2D eigenvalue weighted by atomic mass is 10.1. The number of hydrogen-bond donors (Lipinski definition) is 4. The first-order valence-corrected chi connectivity index (χ1v) is 8.22. The average molecular weight is 303 g/mol. The minimum atomic E-state index is -0.0226. The molecule has 0 aromatic carbocycles. The highest BCUT2D eigenvalue weighted by atomic mass is 32.2. The lowest BCUT2D eigenvalue weighted by Crippen LogP contribution is -1.99. The predicted octanol–water partition coefficient (Wildman–Crippen LogP) is 3.80. The summed E-state index contributed by atoms with van der Waals surface area (Å²) in [5, 5.41) is 1.33. The second-order valence-electron chi connectivity index (χ2n) is 3.81. The van der Waals surface area contributed by atoms with Crippen LogP contribution in [-0.2, 0) is 0 Å². The fourth-order valence-corrected chi connectivity index (χ4v) is 5.05. The van der Waals surface area contributed by atoms with E-state index >= 15 is 0 Å². The summed E-state index contributed by atoms with van der Waals surface area (Å²) in [4.78, 5) is 0. The molecule has 2 fully saturated rings. The molecule has 0 aromatic rings. The third-order valence-electron chi connectivity index (χ3n) is 2.54. The highest BCUT2D eigenvalue weighted by Gasteiger charge is 2.50. The molecule has 0 aliphatic carbocycles. The molecule has 14 heavy (non-hydrogen) atoms. The summed E-state index contributed by atoms with van der Waals surface area (Å²) in [5.41, 5.74) is 0. The first kappa shape index (κ1) is 12.6. The molecule has 2 unspecified atom stereocenters. The molecule has 0 spiro atoms. The molecule has 0 saturated carbocycles. The van der Waals surface area contributed by atoms with E-state index in [1.807, 2.05) is 23.5 Å². The Kier molecular flexibility index (Phi) is 3.95. The Balaban J connectivity index is 1.49. The quantitative estimate of drug-likeness (QED) is 0.264. The van der Waals surface area contributed by atoms with E-state index in [9.17, 15) is 0 Å². The van der Waals surface area contributed by atoms with E-state index in [0.717, 1.165) is 0 Å². The SMILES string of the molecule is SC1(S)SC1CCCCC1SC1(S)S. The van der Waals surface area contributed by atoms with Gasteiger partial charge in [0, 0.05) is 10.5 Å². The smallest absolute Gasteiger partial charge is 0.113 e. The molecule has 2 rings (SSSR count). The number of thiol groups is 4. The monoisotopic (exact) mass is 302 g/mol. The van der Waals surface area contributed by atoms with Crippen molar-refractivity contribution in [3.8, 4) is 0 Å². The van der Waals surface area contributed by atoms with Crippen molar-refractivity contribution in [1.29, 1.82) is 0 Å². The zero-order chi connectivity index (χ0) is 10.4. The van der Waals surface area contributed by atoms with Crippen LogP contribution < -0.4 is 0 Å². The van der Waals surface area contributed by atoms with Crippen LogP contribution in [0.5, 0.6) is 0 Å². The van der Waals surface area contributed by atoms with E-state index in [0.29, 0.717) is 10.5 Å². The Bertz CT molecular complexity index is 202. The van der Waals surface area contributed by atoms with E-state index in [1.54, 1.807) is 0 Å². The van der Waals surface area contributed by atoms with Crippen molar-refractivity contribution < 1.29 is 0 Å². The summed E-state index contributed by atoms with van der Waals surface area (Å²) in [6.07, 6.45) is 5.08. The molecular weight excluding hydrogens is 288 g/mol. The first-order valence-electron chi connectivity index (χ1n) is 4.67. The lowest BCUT2D eigenvalue weighted by molar-refractivity contribution is 0.655. The number of rotatable bonds is 5. The molecule has 0 N–H and O–H groups in total. The maximum atomic E-state index is 4.41. The molecule has 6 heteroatoms. The molecule has 0 radical (unpaired) electrons. The van der Waals surface area contributed by atoms with E-state index in [-0.39, 0.29) is 6.82 Å². The lowest BCUT2D eigenvalue weighted by Gasteiger charge is -2.01. The molecule has 2 aliphatic heterocycles. The van der Waals surface area contributed by atoms with Crippen molar-refractivity contribution in [2.24, 2.45) is 0 Å². The summed E-state index contributed by atoms with van der Waals surface area (Å²) in [7, 11) is 0. The minimum Gasteiger partial charge on any atom is -0.150 e. The van der Waals surface area contributed by atoms with Crippen LogP contribution in [0.2, 0.25) is 0 Å². The van der Waals surface area contributed by atoms with Crippen LogP contribution in [0.1, 0.15) is 25.7 Å². The standard InChI is InChI=1S/C8H14S6/c9-7(10)5(13-7)3-1-2-4-6-8(11,12)14-6/h5-6,9-12H,1-4H2. The van der Waals surface area contributed by atoms with Crippen molar-refractivity contribution in [3.63, 3.8) is 0 Å². The molecule has 2 atom stereocenters. The van der Waals surface area contributed by atoms with Crippen LogP contribution in [0.25, 0.3) is 0 Å². The molecule has 0 aromatic heterocycles. The van der Waals surface area contributed by atoms with Gasteiger partial charge in [-0.1, -0.05) is 12.8 Å². The Morgan fingerprint density at radius 1 is 0.786 bits per heavy atom. The van der Waals surface area contributed by atoms with Gasteiger partial charge in [0.2, 0.25) is 0 Å². The van der Waals surface area contributed by atoms with Gasteiger partial charge >= 0.3 is 0 Å². The van der Waals surface area contributed by atoms with Gasteiger partial charge in [0.1, 0.15) is 6.82 Å². The third-order valence-corrected chi connectivity index (χ3v) is 8.25. The maximum absolute atomic E-state index is 4.41. The topological polar surface area (TPSA) is 0 Å². The van der Waals surface area contributed by atoms with Crippen LogP contribution >= 0.6 is 74.0 Å². The van der Waals surface area contributed by atoms with Crippen molar-refractivity contribution in [2.45, 2.75) is 43.0 Å². The van der Waals surface area contributed by atoms with Gasteiger partial charge < -0.3 is 0 Å². The molecule has 2 heterocycles. The summed E-state index contributed by atoms with van der Waals surface area (Å²) in [5.74, 6) is 0. The normalized spacial score (nSPS) is 36.9. The zero-order valence-corrected chi connectivity index (χ0v) is 12.8. The second kappa shape index (κ2) is 4.41. The fourth-order valence-electron chi connectivity index (χ4n) is 1.50. The van der Waals surface area contributed by atoms with Crippen molar-refractivity contribution in [1.82, 2.24) is 0 Å². The van der Waals surface area contributed by atoms with Gasteiger partial charge in [-0.2, -0.15) is 50.5 Å². The van der Waals surface area contributed by atoms with Crippen LogP contribution in [0.4, 0.5) is 0 Å². The van der Waals surface area contributed by atoms with Gasteiger partial charge in [0.25, 0.3) is 0 Å². The number of unbranched alkanes of at least 4 members (excludes halogenated alkanes) is 1. The third kappa shape index (κ3) is 3.29. The van der Waals surface area contributed by atoms with Gasteiger partial charge in [0.15, 0.2) is 0 Å². The van der Waals surface area contributed by atoms with Gasteiger partial charge in [-0.15, -0.1) is 23.5 Å². The van der Waals surface area contributed by atoms with Gasteiger partial charge in [-0.25, -0.2) is 0 Å². The van der Waals surface area contributed by atoms with Crippen molar-refractivity contribution in [2.75, 3.05) is 0 Å². The largest absolute Gasteiger partial charge is 0.150 e. The van der Waals surface area contributed by atoms with Crippen LogP contribution in [0.3, 0.4) is 0 Å². The molecule has 0 nitrogen and oxygen atoms in total. The van der Waals surface area contributed by atoms with Crippen molar-refractivity contribution in [3.05, 3.63) is 0 Å². The molecule has 2 saturated heterocycles. The average Bonchev–Trinajstić information content (AvgIpc) is 2.84. The van der Waals surface area contributed by atoms with E-state index in [1.165, 1.54) is 25.7 Å². The Hall–Kier alpha value is 2.10. The Labute approximate surface area is 116 Å². The Morgan fingerprint density at radius 2 is 1.07 bits per heavy atom. The summed E-state index contributed by atoms with van der Waals surface area (Å²) in [6, 6.07) is 0. The second-order valence-corrected chi connectivity index (χ2v) is 11.4. The van der Waals surface area contributed by atoms with Crippen LogP contribution in [0.15, 0.2) is 0 Å². The summed E-state index contributed by atoms with van der Waals surface area (Å²) < 4.78 is -0.0453. The first-order chi connectivity index (χ1) is 6.42. The van der Waals surface area contributed by atoms with Gasteiger partial charge in [0.05, 0.1) is 0 Å². The van der Waals surface area contributed by atoms with E-state index < -0.39 is 0 Å². The molecular formula is C8H14S6. The minimum absolute atomic E-state index is 0.0226. The zero-order valence-electron chi connectivity index (χ0n) is 7.59. The van der Waals surface area contributed by atoms with Crippen molar-refractivity contribution >= 4 is 74.0 Å². The molecule has 2 aliphatic rings. The van der Waals surface area contributed by atoms with Crippen LogP contribution in [-0.4, -0.2) is 17.3 Å². The number of thioether (sulfide) groups is 2.